The zero-order chi connectivity index (χ0) is 10.9. The number of thioether (sulfide) groups is 1. The van der Waals surface area contributed by atoms with Crippen LogP contribution in [0, 0.1) is 0 Å². The number of nitrogens with one attached hydrogen (secondary N) is 1. The van der Waals surface area contributed by atoms with Gasteiger partial charge in [-0.05, 0) is 33.1 Å². The number of rotatable bonds is 2. The van der Waals surface area contributed by atoms with Gasteiger partial charge in [-0.15, -0.1) is 0 Å². The summed E-state index contributed by atoms with van der Waals surface area (Å²) in [7, 11) is 0. The van der Waals surface area contributed by atoms with Crippen LogP contribution in [0.25, 0.3) is 0 Å². The molecular formula is C12H23NOS. The van der Waals surface area contributed by atoms with Crippen LogP contribution in [0.2, 0.25) is 0 Å². The van der Waals surface area contributed by atoms with E-state index >= 15 is 0 Å². The summed E-state index contributed by atoms with van der Waals surface area (Å²) in [6, 6.07) is 1.41. The molecule has 0 aromatic rings. The largest absolute Gasteiger partial charge is 0.375 e. The molecule has 2 fully saturated rings. The first-order chi connectivity index (χ1) is 7.05. The average molecular weight is 229 g/mol. The number of ether oxygens (including phenoxy) is 1. The summed E-state index contributed by atoms with van der Waals surface area (Å²) in [5.74, 6) is 1.29. The molecule has 2 rings (SSSR count). The van der Waals surface area contributed by atoms with Crippen LogP contribution in [0.5, 0.6) is 0 Å². The molecule has 0 aliphatic carbocycles. The highest BCUT2D eigenvalue weighted by Gasteiger charge is 2.31. The molecule has 2 aliphatic heterocycles. The summed E-state index contributed by atoms with van der Waals surface area (Å²) in [6.07, 6.45) is 3.67. The molecule has 2 saturated heterocycles. The lowest BCUT2D eigenvalue weighted by Gasteiger charge is -2.37. The third-order valence-corrected chi connectivity index (χ3v) is 4.72. The van der Waals surface area contributed by atoms with Gasteiger partial charge in [0, 0.05) is 29.7 Å². The zero-order valence-electron chi connectivity index (χ0n) is 10.1. The van der Waals surface area contributed by atoms with Gasteiger partial charge in [0.05, 0.1) is 5.60 Å². The van der Waals surface area contributed by atoms with E-state index in [2.05, 4.69) is 37.8 Å². The van der Waals surface area contributed by atoms with Gasteiger partial charge in [0.25, 0.3) is 0 Å². The third kappa shape index (κ3) is 3.36. The quantitative estimate of drug-likeness (QED) is 0.786. The molecule has 88 valence electrons. The molecule has 2 aliphatic rings. The molecule has 0 bridgehead atoms. The van der Waals surface area contributed by atoms with E-state index in [9.17, 15) is 0 Å². The zero-order valence-corrected chi connectivity index (χ0v) is 10.9. The molecular weight excluding hydrogens is 206 g/mol. The van der Waals surface area contributed by atoms with Gasteiger partial charge in [0.1, 0.15) is 0 Å². The molecule has 0 amide bonds. The molecule has 3 unspecified atom stereocenters. The van der Waals surface area contributed by atoms with Gasteiger partial charge < -0.3 is 10.1 Å². The Labute approximate surface area is 97.5 Å². The Kier molecular flexibility index (Phi) is 3.63. The topological polar surface area (TPSA) is 21.3 Å². The molecule has 1 N–H and O–H groups in total. The first kappa shape index (κ1) is 11.7. The van der Waals surface area contributed by atoms with Crippen LogP contribution in [0.15, 0.2) is 0 Å². The normalized spacial score (nSPS) is 40.6. The van der Waals surface area contributed by atoms with Crippen molar-refractivity contribution in [3.8, 4) is 0 Å². The van der Waals surface area contributed by atoms with Crippen molar-refractivity contribution in [1.29, 1.82) is 0 Å². The Bertz CT molecular complexity index is 220. The summed E-state index contributed by atoms with van der Waals surface area (Å²) in [5, 5.41) is 4.65. The van der Waals surface area contributed by atoms with Crippen molar-refractivity contribution in [1.82, 2.24) is 5.32 Å². The smallest absolute Gasteiger partial charge is 0.0641 e. The predicted molar refractivity (Wildman–Crippen MR) is 66.5 cm³/mol. The van der Waals surface area contributed by atoms with E-state index in [1.165, 1.54) is 18.6 Å². The first-order valence-electron chi connectivity index (χ1n) is 6.07. The maximum absolute atomic E-state index is 5.74. The van der Waals surface area contributed by atoms with Gasteiger partial charge in [-0.3, -0.25) is 0 Å². The van der Waals surface area contributed by atoms with Gasteiger partial charge in [-0.25, -0.2) is 0 Å². The lowest BCUT2D eigenvalue weighted by Crippen LogP contribution is -2.47. The highest BCUT2D eigenvalue weighted by molar-refractivity contribution is 8.00. The van der Waals surface area contributed by atoms with Crippen molar-refractivity contribution in [3.05, 3.63) is 0 Å². The summed E-state index contributed by atoms with van der Waals surface area (Å²) < 4.78 is 5.74. The van der Waals surface area contributed by atoms with Gasteiger partial charge >= 0.3 is 0 Å². The van der Waals surface area contributed by atoms with Crippen molar-refractivity contribution in [2.24, 2.45) is 0 Å². The third-order valence-electron chi connectivity index (χ3n) is 3.37. The second-order valence-corrected chi connectivity index (χ2v) is 7.01. The van der Waals surface area contributed by atoms with Gasteiger partial charge in [-0.1, -0.05) is 6.92 Å². The van der Waals surface area contributed by atoms with Gasteiger partial charge in [0.2, 0.25) is 0 Å². The molecule has 0 saturated carbocycles. The summed E-state index contributed by atoms with van der Waals surface area (Å²) in [4.78, 5) is 0. The Balaban J connectivity index is 1.79. The fourth-order valence-corrected chi connectivity index (χ4v) is 3.80. The average Bonchev–Trinajstić information content (AvgIpc) is 2.49. The standard InChI is InChI=1S/C12H23NOS/c1-9-6-11(8-15-9)13-10-4-5-14-12(2,3)7-10/h9-11,13H,4-8H2,1-3H3. The molecule has 15 heavy (non-hydrogen) atoms. The van der Waals surface area contributed by atoms with Crippen LogP contribution in [-0.2, 0) is 4.74 Å². The molecule has 3 heteroatoms. The Morgan fingerprint density at radius 1 is 1.33 bits per heavy atom. The van der Waals surface area contributed by atoms with Gasteiger partial charge in [0.15, 0.2) is 0 Å². The SMILES string of the molecule is CC1CC(NC2CCOC(C)(C)C2)CS1. The lowest BCUT2D eigenvalue weighted by molar-refractivity contribution is -0.0638. The van der Waals surface area contributed by atoms with E-state index in [0.29, 0.717) is 6.04 Å². The Morgan fingerprint density at radius 2 is 2.13 bits per heavy atom. The van der Waals surface area contributed by atoms with E-state index in [1.807, 2.05) is 0 Å². The van der Waals surface area contributed by atoms with Crippen molar-refractivity contribution in [2.45, 2.75) is 63.0 Å². The molecule has 3 atom stereocenters. The second-order valence-electron chi connectivity index (χ2n) is 5.54. The van der Waals surface area contributed by atoms with Crippen LogP contribution >= 0.6 is 11.8 Å². The fraction of sp³-hybridized carbons (Fsp3) is 1.00. The second kappa shape index (κ2) is 4.64. The Hall–Kier alpha value is 0.270. The van der Waals surface area contributed by atoms with E-state index in [-0.39, 0.29) is 5.60 Å². The minimum atomic E-state index is 0.0767. The van der Waals surface area contributed by atoms with Crippen molar-refractivity contribution < 1.29 is 4.74 Å². The molecule has 2 heterocycles. The van der Waals surface area contributed by atoms with Crippen molar-refractivity contribution >= 4 is 11.8 Å². The van der Waals surface area contributed by atoms with Crippen molar-refractivity contribution in [2.75, 3.05) is 12.4 Å². The number of hydrogen-bond acceptors (Lipinski definition) is 3. The first-order valence-corrected chi connectivity index (χ1v) is 7.12. The summed E-state index contributed by atoms with van der Waals surface area (Å²) in [6.45, 7) is 7.65. The molecule has 2 nitrogen and oxygen atoms in total. The molecule has 0 spiro atoms. The molecule has 0 aromatic carbocycles. The summed E-state index contributed by atoms with van der Waals surface area (Å²) >= 11 is 2.10. The van der Waals surface area contributed by atoms with Crippen LogP contribution in [-0.4, -0.2) is 35.3 Å². The highest BCUT2D eigenvalue weighted by atomic mass is 32.2. The van der Waals surface area contributed by atoms with Crippen LogP contribution < -0.4 is 5.32 Å². The number of hydrogen-bond donors (Lipinski definition) is 1. The predicted octanol–water partition coefficient (Wildman–Crippen LogP) is 2.43. The summed E-state index contributed by atoms with van der Waals surface area (Å²) in [5.41, 5.74) is 0.0767. The maximum Gasteiger partial charge on any atom is 0.0641 e. The molecule has 0 aromatic heterocycles. The van der Waals surface area contributed by atoms with Crippen LogP contribution in [0.4, 0.5) is 0 Å². The maximum atomic E-state index is 5.74. The lowest BCUT2D eigenvalue weighted by atomic mass is 9.93. The van der Waals surface area contributed by atoms with E-state index in [0.717, 1.165) is 24.3 Å². The van der Waals surface area contributed by atoms with E-state index in [4.69, 9.17) is 4.74 Å². The minimum Gasteiger partial charge on any atom is -0.375 e. The highest BCUT2D eigenvalue weighted by Crippen LogP contribution is 2.29. The van der Waals surface area contributed by atoms with Crippen LogP contribution in [0.3, 0.4) is 0 Å². The van der Waals surface area contributed by atoms with E-state index < -0.39 is 0 Å². The van der Waals surface area contributed by atoms with Crippen molar-refractivity contribution in [3.63, 3.8) is 0 Å². The van der Waals surface area contributed by atoms with E-state index in [1.54, 1.807) is 0 Å². The Morgan fingerprint density at radius 3 is 2.73 bits per heavy atom. The molecule has 0 radical (unpaired) electrons. The fourth-order valence-electron chi connectivity index (χ4n) is 2.64. The minimum absolute atomic E-state index is 0.0767. The van der Waals surface area contributed by atoms with Crippen LogP contribution in [0.1, 0.15) is 40.0 Å². The monoisotopic (exact) mass is 229 g/mol. The van der Waals surface area contributed by atoms with Gasteiger partial charge in [-0.2, -0.15) is 11.8 Å².